The van der Waals surface area contributed by atoms with Gasteiger partial charge in [0.05, 0.1) is 5.69 Å². The maximum atomic E-state index is 4.08. The van der Waals surface area contributed by atoms with Gasteiger partial charge in [0.15, 0.2) is 0 Å². The quantitative estimate of drug-likeness (QED) is 0.744. The van der Waals surface area contributed by atoms with Gasteiger partial charge in [-0.05, 0) is 34.5 Å². The van der Waals surface area contributed by atoms with Crippen molar-refractivity contribution in [1.29, 1.82) is 0 Å². The van der Waals surface area contributed by atoms with Gasteiger partial charge < -0.3 is 5.32 Å². The first kappa shape index (κ1) is 10.8. The van der Waals surface area contributed by atoms with Crippen LogP contribution < -0.4 is 5.32 Å². The van der Waals surface area contributed by atoms with Crippen LogP contribution in [0, 0.1) is 0 Å². The third kappa shape index (κ3) is 2.33. The summed E-state index contributed by atoms with van der Waals surface area (Å²) >= 11 is 0. The van der Waals surface area contributed by atoms with E-state index in [0.29, 0.717) is 0 Å². The summed E-state index contributed by atoms with van der Waals surface area (Å²) < 4.78 is 0. The van der Waals surface area contributed by atoms with Gasteiger partial charge in [-0.1, -0.05) is 36.4 Å². The van der Waals surface area contributed by atoms with E-state index in [1.807, 2.05) is 18.3 Å². The number of aromatic nitrogens is 1. The van der Waals surface area contributed by atoms with Crippen molar-refractivity contribution in [3.63, 3.8) is 0 Å². The first-order valence-corrected chi connectivity index (χ1v) is 6.03. The van der Waals surface area contributed by atoms with E-state index in [2.05, 4.69) is 52.8 Å². The van der Waals surface area contributed by atoms with Gasteiger partial charge >= 0.3 is 0 Å². The summed E-state index contributed by atoms with van der Waals surface area (Å²) in [6, 6.07) is 18.9. The normalized spacial score (nSPS) is 10.4. The molecule has 0 aliphatic heterocycles. The number of nitrogens with zero attached hydrogens (tertiary/aromatic N) is 1. The smallest absolute Gasteiger partial charge is 0.0529 e. The van der Waals surface area contributed by atoms with Gasteiger partial charge in [-0.2, -0.15) is 0 Å². The molecule has 0 fully saturated rings. The Morgan fingerprint density at radius 2 is 1.78 bits per heavy atom. The molecule has 0 radical (unpaired) electrons. The standard InChI is InChI=1S/C16H14N2/c1-2-5-15-10-13(7-8-14(15)4-1)11-18-16-6-3-9-17-12-16/h1-10,12,18H,11H2. The molecule has 0 saturated heterocycles. The third-order valence-corrected chi connectivity index (χ3v) is 2.97. The third-order valence-electron chi connectivity index (χ3n) is 2.97. The lowest BCUT2D eigenvalue weighted by Gasteiger charge is -2.07. The van der Waals surface area contributed by atoms with Crippen LogP contribution in [-0.2, 0) is 6.54 Å². The van der Waals surface area contributed by atoms with Gasteiger partial charge in [0.25, 0.3) is 0 Å². The summed E-state index contributed by atoms with van der Waals surface area (Å²) in [6.07, 6.45) is 3.61. The van der Waals surface area contributed by atoms with Crippen LogP contribution in [0.2, 0.25) is 0 Å². The van der Waals surface area contributed by atoms with Crippen molar-refractivity contribution in [2.24, 2.45) is 0 Å². The molecule has 0 saturated carbocycles. The first-order chi connectivity index (χ1) is 8.92. The Labute approximate surface area is 106 Å². The molecule has 1 heterocycles. The van der Waals surface area contributed by atoms with Crippen molar-refractivity contribution in [3.8, 4) is 0 Å². The summed E-state index contributed by atoms with van der Waals surface area (Å²) in [4.78, 5) is 4.08. The fourth-order valence-electron chi connectivity index (χ4n) is 2.02. The van der Waals surface area contributed by atoms with Gasteiger partial charge in [-0.15, -0.1) is 0 Å². The van der Waals surface area contributed by atoms with Gasteiger partial charge in [0.2, 0.25) is 0 Å². The molecule has 1 N–H and O–H groups in total. The molecule has 88 valence electrons. The highest BCUT2D eigenvalue weighted by Gasteiger charge is 1.96. The van der Waals surface area contributed by atoms with E-state index in [9.17, 15) is 0 Å². The number of anilines is 1. The highest BCUT2D eigenvalue weighted by atomic mass is 14.9. The predicted molar refractivity (Wildman–Crippen MR) is 75.5 cm³/mol. The molecule has 18 heavy (non-hydrogen) atoms. The molecule has 2 nitrogen and oxygen atoms in total. The van der Waals surface area contributed by atoms with Crippen LogP contribution in [0.1, 0.15) is 5.56 Å². The van der Waals surface area contributed by atoms with E-state index in [1.54, 1.807) is 6.20 Å². The molecule has 0 amide bonds. The van der Waals surface area contributed by atoms with E-state index in [-0.39, 0.29) is 0 Å². The van der Waals surface area contributed by atoms with Gasteiger partial charge in [0.1, 0.15) is 0 Å². The van der Waals surface area contributed by atoms with E-state index in [1.165, 1.54) is 16.3 Å². The Morgan fingerprint density at radius 3 is 2.61 bits per heavy atom. The molecule has 0 atom stereocenters. The molecule has 2 heteroatoms. The number of rotatable bonds is 3. The predicted octanol–water partition coefficient (Wildman–Crippen LogP) is 3.85. The maximum absolute atomic E-state index is 4.08. The Morgan fingerprint density at radius 1 is 0.889 bits per heavy atom. The van der Waals surface area contributed by atoms with Crippen molar-refractivity contribution >= 4 is 16.5 Å². The molecule has 3 rings (SSSR count). The zero-order valence-corrected chi connectivity index (χ0v) is 10.0. The number of hydrogen-bond donors (Lipinski definition) is 1. The zero-order chi connectivity index (χ0) is 12.2. The molecular weight excluding hydrogens is 220 g/mol. The van der Waals surface area contributed by atoms with Crippen LogP contribution in [0.5, 0.6) is 0 Å². The second kappa shape index (κ2) is 4.88. The van der Waals surface area contributed by atoms with Crippen molar-refractivity contribution in [2.45, 2.75) is 6.54 Å². The van der Waals surface area contributed by atoms with E-state index < -0.39 is 0 Å². The monoisotopic (exact) mass is 234 g/mol. The van der Waals surface area contributed by atoms with Gasteiger partial charge in [-0.25, -0.2) is 0 Å². The van der Waals surface area contributed by atoms with Crippen LogP contribution in [0.3, 0.4) is 0 Å². The Kier molecular flexibility index (Phi) is 2.92. The van der Waals surface area contributed by atoms with Crippen molar-refractivity contribution in [1.82, 2.24) is 4.98 Å². The first-order valence-electron chi connectivity index (χ1n) is 6.03. The lowest BCUT2D eigenvalue weighted by molar-refractivity contribution is 1.14. The van der Waals surface area contributed by atoms with Crippen molar-refractivity contribution in [2.75, 3.05) is 5.32 Å². The highest BCUT2D eigenvalue weighted by Crippen LogP contribution is 2.16. The minimum atomic E-state index is 0.816. The maximum Gasteiger partial charge on any atom is 0.0529 e. The topological polar surface area (TPSA) is 24.9 Å². The van der Waals surface area contributed by atoms with Crippen LogP contribution in [0.25, 0.3) is 10.8 Å². The van der Waals surface area contributed by atoms with Crippen LogP contribution >= 0.6 is 0 Å². The molecule has 0 spiro atoms. The van der Waals surface area contributed by atoms with Crippen molar-refractivity contribution in [3.05, 3.63) is 72.6 Å². The molecule has 0 bridgehead atoms. The number of hydrogen-bond acceptors (Lipinski definition) is 2. The summed E-state index contributed by atoms with van der Waals surface area (Å²) in [5, 5.41) is 5.92. The summed E-state index contributed by atoms with van der Waals surface area (Å²) in [7, 11) is 0. The number of benzene rings is 2. The lowest BCUT2D eigenvalue weighted by atomic mass is 10.1. The molecule has 0 aliphatic rings. The van der Waals surface area contributed by atoms with E-state index in [0.717, 1.165) is 12.2 Å². The van der Waals surface area contributed by atoms with E-state index in [4.69, 9.17) is 0 Å². The van der Waals surface area contributed by atoms with Gasteiger partial charge in [-0.3, -0.25) is 4.98 Å². The molecule has 1 aromatic heterocycles. The fourth-order valence-corrected chi connectivity index (χ4v) is 2.02. The number of pyridine rings is 1. The highest BCUT2D eigenvalue weighted by molar-refractivity contribution is 5.83. The van der Waals surface area contributed by atoms with Crippen molar-refractivity contribution < 1.29 is 0 Å². The summed E-state index contributed by atoms with van der Waals surface area (Å²) in [5.41, 5.74) is 2.32. The van der Waals surface area contributed by atoms with Crippen LogP contribution in [0.15, 0.2) is 67.0 Å². The molecule has 2 aromatic carbocycles. The minimum absolute atomic E-state index is 0.816. The second-order valence-electron chi connectivity index (χ2n) is 4.28. The molecule has 3 aromatic rings. The Hall–Kier alpha value is -2.35. The largest absolute Gasteiger partial charge is 0.380 e. The SMILES string of the molecule is c1cncc(NCc2ccc3ccccc3c2)c1. The van der Waals surface area contributed by atoms with Crippen LogP contribution in [0.4, 0.5) is 5.69 Å². The average molecular weight is 234 g/mol. The second-order valence-corrected chi connectivity index (χ2v) is 4.28. The fraction of sp³-hybridized carbons (Fsp3) is 0.0625. The molecule has 0 aliphatic carbocycles. The summed E-state index contributed by atoms with van der Waals surface area (Å²) in [6.45, 7) is 0.816. The lowest BCUT2D eigenvalue weighted by Crippen LogP contribution is -1.99. The minimum Gasteiger partial charge on any atom is -0.380 e. The Bertz CT molecular complexity index is 647. The number of nitrogens with one attached hydrogen (secondary N) is 1. The molecule has 0 unspecified atom stereocenters. The van der Waals surface area contributed by atoms with E-state index >= 15 is 0 Å². The number of fused-ring (bicyclic) bond motifs is 1. The summed E-state index contributed by atoms with van der Waals surface area (Å²) in [5.74, 6) is 0. The Balaban J connectivity index is 1.79. The zero-order valence-electron chi connectivity index (χ0n) is 10.0. The molecular formula is C16H14N2. The van der Waals surface area contributed by atoms with Crippen LogP contribution in [-0.4, -0.2) is 4.98 Å². The average Bonchev–Trinajstić information content (AvgIpc) is 2.46. The van der Waals surface area contributed by atoms with Gasteiger partial charge in [0, 0.05) is 18.9 Å².